The predicted octanol–water partition coefficient (Wildman–Crippen LogP) is 3.24. The molecule has 0 saturated carbocycles. The number of para-hydroxylation sites is 1. The SMILES string of the molecule is Cc1ccccc1-n1nc(CN2CC(C)CC(C)C2)cc1N. The number of hydrogen-bond donors (Lipinski definition) is 1. The van der Waals surface area contributed by atoms with Crippen LogP contribution in [0.3, 0.4) is 0 Å². The third-order valence-electron chi connectivity index (χ3n) is 4.46. The van der Waals surface area contributed by atoms with E-state index in [9.17, 15) is 0 Å². The molecule has 2 heterocycles. The van der Waals surface area contributed by atoms with Gasteiger partial charge in [-0.1, -0.05) is 32.0 Å². The van der Waals surface area contributed by atoms with E-state index < -0.39 is 0 Å². The molecule has 1 aliphatic heterocycles. The standard InChI is InChI=1S/C18H26N4/c1-13-8-14(2)11-21(10-13)12-16-9-18(19)22(20-16)17-7-5-4-6-15(17)3/h4-7,9,13-14H,8,10-12,19H2,1-3H3. The summed E-state index contributed by atoms with van der Waals surface area (Å²) in [5.41, 5.74) is 9.49. The van der Waals surface area contributed by atoms with Crippen molar-refractivity contribution in [1.29, 1.82) is 0 Å². The summed E-state index contributed by atoms with van der Waals surface area (Å²) in [5.74, 6) is 2.24. The molecule has 4 heteroatoms. The fourth-order valence-corrected chi connectivity index (χ4v) is 3.67. The maximum Gasteiger partial charge on any atom is 0.127 e. The Morgan fingerprint density at radius 2 is 1.86 bits per heavy atom. The minimum Gasteiger partial charge on any atom is -0.384 e. The summed E-state index contributed by atoms with van der Waals surface area (Å²) in [6.45, 7) is 9.96. The largest absolute Gasteiger partial charge is 0.384 e. The number of nitrogens with zero attached hydrogens (tertiary/aromatic N) is 3. The van der Waals surface area contributed by atoms with E-state index in [1.165, 1.54) is 12.0 Å². The maximum absolute atomic E-state index is 6.18. The number of nitrogens with two attached hydrogens (primary N) is 1. The first kappa shape index (κ1) is 15.1. The number of aromatic nitrogens is 2. The highest BCUT2D eigenvalue weighted by atomic mass is 15.3. The van der Waals surface area contributed by atoms with Crippen LogP contribution in [0.15, 0.2) is 30.3 Å². The summed E-state index contributed by atoms with van der Waals surface area (Å²) >= 11 is 0. The number of rotatable bonds is 3. The summed E-state index contributed by atoms with van der Waals surface area (Å²) < 4.78 is 1.86. The van der Waals surface area contributed by atoms with Crippen LogP contribution in [0.2, 0.25) is 0 Å². The van der Waals surface area contributed by atoms with Gasteiger partial charge in [0.15, 0.2) is 0 Å². The first-order valence-electron chi connectivity index (χ1n) is 8.15. The van der Waals surface area contributed by atoms with Gasteiger partial charge in [0.1, 0.15) is 5.82 Å². The van der Waals surface area contributed by atoms with Crippen molar-refractivity contribution in [3.8, 4) is 5.69 Å². The highest BCUT2D eigenvalue weighted by Gasteiger charge is 2.22. The molecule has 1 aliphatic rings. The van der Waals surface area contributed by atoms with Crippen LogP contribution < -0.4 is 5.73 Å². The van der Waals surface area contributed by atoms with Gasteiger partial charge in [-0.3, -0.25) is 4.90 Å². The molecule has 22 heavy (non-hydrogen) atoms. The third-order valence-corrected chi connectivity index (χ3v) is 4.46. The van der Waals surface area contributed by atoms with Gasteiger partial charge in [-0.25, -0.2) is 4.68 Å². The van der Waals surface area contributed by atoms with Crippen LogP contribution in [-0.4, -0.2) is 27.8 Å². The van der Waals surface area contributed by atoms with Crippen molar-refractivity contribution in [3.63, 3.8) is 0 Å². The van der Waals surface area contributed by atoms with Gasteiger partial charge in [-0.05, 0) is 36.8 Å². The molecule has 2 unspecified atom stereocenters. The smallest absolute Gasteiger partial charge is 0.127 e. The Bertz CT molecular complexity index is 636. The average molecular weight is 298 g/mol. The molecule has 0 spiro atoms. The van der Waals surface area contributed by atoms with Gasteiger partial charge in [-0.2, -0.15) is 5.10 Å². The van der Waals surface area contributed by atoms with Gasteiger partial charge in [0, 0.05) is 25.7 Å². The van der Waals surface area contributed by atoms with Gasteiger partial charge in [-0.15, -0.1) is 0 Å². The van der Waals surface area contributed by atoms with E-state index in [4.69, 9.17) is 10.8 Å². The van der Waals surface area contributed by atoms with Crippen LogP contribution in [0.1, 0.15) is 31.5 Å². The van der Waals surface area contributed by atoms with Gasteiger partial charge < -0.3 is 5.73 Å². The first-order valence-corrected chi connectivity index (χ1v) is 8.15. The van der Waals surface area contributed by atoms with Crippen LogP contribution in [0, 0.1) is 18.8 Å². The molecule has 1 aromatic heterocycles. The van der Waals surface area contributed by atoms with Crippen molar-refractivity contribution >= 4 is 5.82 Å². The molecule has 0 radical (unpaired) electrons. The van der Waals surface area contributed by atoms with Gasteiger partial charge >= 0.3 is 0 Å². The number of nitrogen functional groups attached to an aromatic ring is 1. The first-order chi connectivity index (χ1) is 10.5. The minimum atomic E-state index is 0.711. The Hall–Kier alpha value is -1.81. The second-order valence-corrected chi connectivity index (χ2v) is 6.90. The van der Waals surface area contributed by atoms with Crippen LogP contribution >= 0.6 is 0 Å². The van der Waals surface area contributed by atoms with Gasteiger partial charge in [0.2, 0.25) is 0 Å². The van der Waals surface area contributed by atoms with Crippen molar-refractivity contribution in [2.24, 2.45) is 11.8 Å². The Morgan fingerprint density at radius 1 is 1.18 bits per heavy atom. The van der Waals surface area contributed by atoms with E-state index in [-0.39, 0.29) is 0 Å². The fraction of sp³-hybridized carbons (Fsp3) is 0.500. The predicted molar refractivity (Wildman–Crippen MR) is 90.9 cm³/mol. The summed E-state index contributed by atoms with van der Waals surface area (Å²) in [4.78, 5) is 2.50. The Balaban J connectivity index is 1.79. The summed E-state index contributed by atoms with van der Waals surface area (Å²) in [7, 11) is 0. The molecule has 2 aromatic rings. The lowest BCUT2D eigenvalue weighted by Gasteiger charge is -2.34. The summed E-state index contributed by atoms with van der Waals surface area (Å²) in [5, 5.41) is 4.74. The van der Waals surface area contributed by atoms with Crippen LogP contribution in [0.25, 0.3) is 5.69 Å². The minimum absolute atomic E-state index is 0.711. The molecule has 1 saturated heterocycles. The van der Waals surface area contributed by atoms with Crippen molar-refractivity contribution in [3.05, 3.63) is 41.6 Å². The highest BCUT2D eigenvalue weighted by Crippen LogP contribution is 2.23. The number of aryl methyl sites for hydroxylation is 1. The van der Waals surface area contributed by atoms with Crippen LogP contribution in [-0.2, 0) is 6.54 Å². The molecule has 0 bridgehead atoms. The molecule has 1 aromatic carbocycles. The molecule has 1 fully saturated rings. The summed E-state index contributed by atoms with van der Waals surface area (Å²) in [6.07, 6.45) is 1.33. The molecule has 118 valence electrons. The number of piperidine rings is 1. The van der Waals surface area contributed by atoms with Crippen molar-refractivity contribution in [2.75, 3.05) is 18.8 Å². The van der Waals surface area contributed by atoms with E-state index >= 15 is 0 Å². The third kappa shape index (κ3) is 3.17. The number of likely N-dealkylation sites (tertiary alicyclic amines) is 1. The lowest BCUT2D eigenvalue weighted by Crippen LogP contribution is -2.38. The second kappa shape index (κ2) is 6.13. The van der Waals surface area contributed by atoms with E-state index in [0.29, 0.717) is 5.82 Å². The normalized spacial score (nSPS) is 22.9. The Labute approximate surface area is 132 Å². The van der Waals surface area contributed by atoms with E-state index in [2.05, 4.69) is 37.8 Å². The number of benzene rings is 1. The fourth-order valence-electron chi connectivity index (χ4n) is 3.67. The lowest BCUT2D eigenvalue weighted by atomic mass is 9.92. The van der Waals surface area contributed by atoms with Crippen LogP contribution in [0.5, 0.6) is 0 Å². The molecular weight excluding hydrogens is 272 g/mol. The van der Waals surface area contributed by atoms with Crippen molar-refractivity contribution in [2.45, 2.75) is 33.7 Å². The lowest BCUT2D eigenvalue weighted by molar-refractivity contribution is 0.133. The number of hydrogen-bond acceptors (Lipinski definition) is 3. The quantitative estimate of drug-likeness (QED) is 0.946. The van der Waals surface area contributed by atoms with Gasteiger partial charge in [0.25, 0.3) is 0 Å². The van der Waals surface area contributed by atoms with Crippen molar-refractivity contribution in [1.82, 2.24) is 14.7 Å². The van der Waals surface area contributed by atoms with Crippen LogP contribution in [0.4, 0.5) is 5.82 Å². The molecular formula is C18H26N4. The molecule has 3 rings (SSSR count). The molecule has 0 aliphatic carbocycles. The zero-order chi connectivity index (χ0) is 15.7. The molecule has 2 atom stereocenters. The zero-order valence-corrected chi connectivity index (χ0v) is 13.8. The average Bonchev–Trinajstić information content (AvgIpc) is 2.78. The molecule has 4 nitrogen and oxygen atoms in total. The number of anilines is 1. The Kier molecular flexibility index (Phi) is 4.21. The highest BCUT2D eigenvalue weighted by molar-refractivity contribution is 5.47. The maximum atomic E-state index is 6.18. The van der Waals surface area contributed by atoms with E-state index in [1.54, 1.807) is 0 Å². The molecule has 2 N–H and O–H groups in total. The topological polar surface area (TPSA) is 47.1 Å². The monoisotopic (exact) mass is 298 g/mol. The Morgan fingerprint density at radius 3 is 2.55 bits per heavy atom. The van der Waals surface area contributed by atoms with E-state index in [1.807, 2.05) is 22.9 Å². The molecule has 0 amide bonds. The van der Waals surface area contributed by atoms with E-state index in [0.717, 1.165) is 42.9 Å². The van der Waals surface area contributed by atoms with Gasteiger partial charge in [0.05, 0.1) is 11.4 Å². The van der Waals surface area contributed by atoms with Crippen molar-refractivity contribution < 1.29 is 0 Å². The zero-order valence-electron chi connectivity index (χ0n) is 13.8. The second-order valence-electron chi connectivity index (χ2n) is 6.90. The summed E-state index contributed by atoms with van der Waals surface area (Å²) in [6, 6.07) is 10.2.